The quantitative estimate of drug-likeness (QED) is 0.399. The molecular formula is C24H19ClFN5O. The standard InChI is InChI=1S/C24H19ClFN5O/c1-2-18(27)23-30-19-8-4-7-17(26)21(19)24(32)31(23)14-6-3-5-13(11-14)15-12-29-22-20(15)16(25)9-10-28-22/h3-12,18H,2,27H2,1H3,(H,28,29)/t18-/m0/s1. The van der Waals surface area contributed by atoms with E-state index in [4.69, 9.17) is 17.3 Å². The highest BCUT2D eigenvalue weighted by atomic mass is 35.5. The highest BCUT2D eigenvalue weighted by Crippen LogP contribution is 2.33. The van der Waals surface area contributed by atoms with E-state index in [1.165, 1.54) is 16.7 Å². The summed E-state index contributed by atoms with van der Waals surface area (Å²) in [5, 5.41) is 1.29. The third-order valence-electron chi connectivity index (χ3n) is 5.58. The fraction of sp³-hybridized carbons (Fsp3) is 0.125. The van der Waals surface area contributed by atoms with Crippen molar-refractivity contribution in [1.82, 2.24) is 19.5 Å². The molecule has 2 aromatic carbocycles. The Bertz CT molecular complexity index is 1540. The summed E-state index contributed by atoms with van der Waals surface area (Å²) in [4.78, 5) is 25.4. The molecule has 0 fully saturated rings. The van der Waals surface area contributed by atoms with Crippen LogP contribution in [0.2, 0.25) is 5.02 Å². The Kier molecular flexibility index (Phi) is 5.00. The minimum Gasteiger partial charge on any atom is -0.345 e. The Morgan fingerprint density at radius 3 is 2.81 bits per heavy atom. The first kappa shape index (κ1) is 20.4. The van der Waals surface area contributed by atoms with Gasteiger partial charge in [-0.1, -0.05) is 36.7 Å². The molecule has 0 aliphatic rings. The van der Waals surface area contributed by atoms with Crippen LogP contribution in [0.1, 0.15) is 25.2 Å². The van der Waals surface area contributed by atoms with E-state index in [1.54, 1.807) is 24.4 Å². The highest BCUT2D eigenvalue weighted by molar-refractivity contribution is 6.36. The second-order valence-corrected chi connectivity index (χ2v) is 7.94. The number of aromatic amines is 1. The number of hydrogen-bond acceptors (Lipinski definition) is 4. The molecule has 8 heteroatoms. The summed E-state index contributed by atoms with van der Waals surface area (Å²) < 4.78 is 16.0. The van der Waals surface area contributed by atoms with Crippen LogP contribution in [0, 0.1) is 5.82 Å². The van der Waals surface area contributed by atoms with E-state index in [-0.39, 0.29) is 10.9 Å². The highest BCUT2D eigenvalue weighted by Gasteiger charge is 2.20. The summed E-state index contributed by atoms with van der Waals surface area (Å²) in [6, 6.07) is 13.0. The van der Waals surface area contributed by atoms with E-state index in [0.717, 1.165) is 16.5 Å². The second-order valence-electron chi connectivity index (χ2n) is 7.53. The van der Waals surface area contributed by atoms with Crippen LogP contribution in [0.4, 0.5) is 4.39 Å². The largest absolute Gasteiger partial charge is 0.345 e. The molecule has 0 aliphatic heterocycles. The van der Waals surface area contributed by atoms with E-state index < -0.39 is 17.4 Å². The lowest BCUT2D eigenvalue weighted by Gasteiger charge is -2.18. The number of fused-ring (bicyclic) bond motifs is 2. The number of halogens is 2. The number of nitrogens with zero attached hydrogens (tertiary/aromatic N) is 3. The van der Waals surface area contributed by atoms with Crippen LogP contribution in [0.25, 0.3) is 38.8 Å². The maximum absolute atomic E-state index is 14.6. The zero-order chi connectivity index (χ0) is 22.4. The lowest BCUT2D eigenvalue weighted by Crippen LogP contribution is -2.28. The van der Waals surface area contributed by atoms with Crippen molar-refractivity contribution in [3.05, 3.63) is 87.9 Å². The van der Waals surface area contributed by atoms with E-state index in [9.17, 15) is 9.18 Å². The first-order valence-corrected chi connectivity index (χ1v) is 10.6. The number of rotatable bonds is 4. The molecule has 3 aromatic heterocycles. The van der Waals surface area contributed by atoms with Crippen molar-refractivity contribution >= 4 is 33.5 Å². The van der Waals surface area contributed by atoms with Gasteiger partial charge in [-0.15, -0.1) is 0 Å². The molecule has 3 heterocycles. The van der Waals surface area contributed by atoms with Crippen LogP contribution in [0.3, 0.4) is 0 Å². The van der Waals surface area contributed by atoms with E-state index >= 15 is 0 Å². The molecule has 0 radical (unpaired) electrons. The van der Waals surface area contributed by atoms with Crippen molar-refractivity contribution in [2.75, 3.05) is 0 Å². The van der Waals surface area contributed by atoms with Gasteiger partial charge in [-0.3, -0.25) is 9.36 Å². The van der Waals surface area contributed by atoms with Crippen molar-refractivity contribution in [3.8, 4) is 16.8 Å². The van der Waals surface area contributed by atoms with Gasteiger partial charge in [0.15, 0.2) is 0 Å². The van der Waals surface area contributed by atoms with Gasteiger partial charge in [0.1, 0.15) is 22.7 Å². The van der Waals surface area contributed by atoms with Crippen molar-refractivity contribution in [2.24, 2.45) is 5.73 Å². The van der Waals surface area contributed by atoms with Crippen LogP contribution in [-0.2, 0) is 0 Å². The maximum atomic E-state index is 14.6. The molecule has 0 unspecified atom stereocenters. The number of H-pyrrole nitrogens is 1. The van der Waals surface area contributed by atoms with Crippen LogP contribution in [0.5, 0.6) is 0 Å². The minimum absolute atomic E-state index is 0.0655. The summed E-state index contributed by atoms with van der Waals surface area (Å²) in [6.07, 6.45) is 4.02. The molecule has 3 N–H and O–H groups in total. The molecule has 0 saturated heterocycles. The molecule has 32 heavy (non-hydrogen) atoms. The van der Waals surface area contributed by atoms with Crippen LogP contribution >= 0.6 is 11.6 Å². The summed E-state index contributed by atoms with van der Waals surface area (Å²) in [5.41, 5.74) is 8.97. The number of hydrogen-bond donors (Lipinski definition) is 2. The number of nitrogens with one attached hydrogen (secondary N) is 1. The minimum atomic E-state index is -0.615. The fourth-order valence-electron chi connectivity index (χ4n) is 3.94. The summed E-state index contributed by atoms with van der Waals surface area (Å²) in [6.45, 7) is 1.91. The summed E-state index contributed by atoms with van der Waals surface area (Å²) in [5.74, 6) is -0.234. The normalized spacial score (nSPS) is 12.5. The molecule has 0 aliphatic carbocycles. The lowest BCUT2D eigenvalue weighted by molar-refractivity contribution is 0.614. The van der Waals surface area contributed by atoms with Gasteiger partial charge in [0.2, 0.25) is 0 Å². The lowest BCUT2D eigenvalue weighted by atomic mass is 10.0. The zero-order valence-electron chi connectivity index (χ0n) is 17.1. The average molecular weight is 448 g/mol. The third-order valence-corrected chi connectivity index (χ3v) is 5.90. The number of pyridine rings is 1. The van der Waals surface area contributed by atoms with E-state index in [1.807, 2.05) is 31.3 Å². The molecule has 1 atom stereocenters. The predicted octanol–water partition coefficient (Wildman–Crippen LogP) is 5.13. The summed E-state index contributed by atoms with van der Waals surface area (Å²) in [7, 11) is 0. The van der Waals surface area contributed by atoms with Crippen molar-refractivity contribution < 1.29 is 4.39 Å². The van der Waals surface area contributed by atoms with Crippen molar-refractivity contribution in [2.45, 2.75) is 19.4 Å². The van der Waals surface area contributed by atoms with Gasteiger partial charge in [-0.05, 0) is 42.3 Å². The smallest absolute Gasteiger partial charge is 0.269 e. The first-order chi connectivity index (χ1) is 15.5. The fourth-order valence-corrected chi connectivity index (χ4v) is 4.19. The molecule has 6 nitrogen and oxygen atoms in total. The second kappa shape index (κ2) is 7.85. The Hall–Kier alpha value is -3.55. The van der Waals surface area contributed by atoms with E-state index in [2.05, 4.69) is 15.0 Å². The zero-order valence-corrected chi connectivity index (χ0v) is 17.9. The summed E-state index contributed by atoms with van der Waals surface area (Å²) >= 11 is 6.42. The van der Waals surface area contributed by atoms with Gasteiger partial charge in [-0.25, -0.2) is 14.4 Å². The maximum Gasteiger partial charge on any atom is 0.269 e. The monoisotopic (exact) mass is 447 g/mol. The van der Waals surface area contributed by atoms with Crippen LogP contribution < -0.4 is 11.3 Å². The Balaban J connectivity index is 1.79. The van der Waals surface area contributed by atoms with Gasteiger partial charge in [0.25, 0.3) is 5.56 Å². The van der Waals surface area contributed by atoms with Crippen molar-refractivity contribution in [3.63, 3.8) is 0 Å². The van der Waals surface area contributed by atoms with Crippen LogP contribution in [0.15, 0.2) is 65.7 Å². The molecule has 0 saturated carbocycles. The Morgan fingerprint density at radius 1 is 1.19 bits per heavy atom. The molecule has 160 valence electrons. The molecule has 5 aromatic rings. The van der Waals surface area contributed by atoms with Crippen LogP contribution in [-0.4, -0.2) is 19.5 Å². The number of nitrogens with two attached hydrogens (primary N) is 1. The third kappa shape index (κ3) is 3.18. The van der Waals surface area contributed by atoms with Gasteiger partial charge in [-0.2, -0.15) is 0 Å². The topological polar surface area (TPSA) is 89.6 Å². The van der Waals surface area contributed by atoms with Gasteiger partial charge >= 0.3 is 0 Å². The number of aromatic nitrogens is 4. The van der Waals surface area contributed by atoms with Gasteiger partial charge in [0.05, 0.1) is 22.3 Å². The average Bonchev–Trinajstić information content (AvgIpc) is 3.24. The van der Waals surface area contributed by atoms with Gasteiger partial charge in [0, 0.05) is 23.3 Å². The number of benzene rings is 2. The van der Waals surface area contributed by atoms with Crippen molar-refractivity contribution in [1.29, 1.82) is 0 Å². The Morgan fingerprint density at radius 2 is 2.00 bits per heavy atom. The SMILES string of the molecule is CC[C@H](N)c1nc2cccc(F)c2c(=O)n1-c1cccc(-c2c[nH]c3nccc(Cl)c23)c1. The van der Waals surface area contributed by atoms with E-state index in [0.29, 0.717) is 28.6 Å². The Labute approximate surface area is 187 Å². The molecular weight excluding hydrogens is 429 g/mol. The predicted molar refractivity (Wildman–Crippen MR) is 125 cm³/mol. The molecule has 5 rings (SSSR count). The first-order valence-electron chi connectivity index (χ1n) is 10.2. The molecule has 0 bridgehead atoms. The van der Waals surface area contributed by atoms with Gasteiger partial charge < -0.3 is 10.7 Å². The molecule has 0 amide bonds. The molecule has 0 spiro atoms.